The lowest BCUT2D eigenvalue weighted by atomic mass is 9.95. The third-order valence-corrected chi connectivity index (χ3v) is 8.16. The van der Waals surface area contributed by atoms with Gasteiger partial charge in [-0.2, -0.15) is 0 Å². The second kappa shape index (κ2) is 12.1. The first kappa shape index (κ1) is 28.9. The summed E-state index contributed by atoms with van der Waals surface area (Å²) in [5, 5.41) is 9.37. The van der Waals surface area contributed by atoms with Crippen LogP contribution in [0, 0.1) is 0 Å². The first-order chi connectivity index (χ1) is 20.2. The molecule has 3 N–H and O–H groups in total. The molecule has 10 nitrogen and oxygen atoms in total. The molecular formula is C31H32N4O6S. The Bertz CT molecular complexity index is 1700. The molecular weight excluding hydrogens is 556 g/mol. The molecule has 0 aliphatic heterocycles. The minimum absolute atomic E-state index is 0.212. The number of carbonyl (C=O) groups is 2. The Morgan fingerprint density at radius 3 is 2.48 bits per heavy atom. The minimum Gasteiger partial charge on any atom is -0.493 e. The highest BCUT2D eigenvalue weighted by molar-refractivity contribution is 7.22. The summed E-state index contributed by atoms with van der Waals surface area (Å²) in [5.41, 5.74) is 3.73. The Labute approximate surface area is 247 Å². The molecule has 0 bridgehead atoms. The number of thiazole rings is 1. The highest BCUT2D eigenvalue weighted by Gasteiger charge is 2.29. The molecule has 3 aromatic carbocycles. The van der Waals surface area contributed by atoms with E-state index in [4.69, 9.17) is 14.2 Å². The van der Waals surface area contributed by atoms with E-state index < -0.39 is 12.1 Å². The maximum Gasteiger partial charge on any atom is 0.248 e. The standard InChI is InChI=1S/C31H32N4O6S/c1-16(30(38)35-31-34-23-8-6-7-9-26(23)42-31)32-22-13-11-19-20(15-24(22)37)21(33-17(2)36)12-10-18-14-25(39-3)28(40-4)29(41-5)27(18)19/h6-9,11,13-16,21H,10,12H2,1-5H3,(H,32,37)(H,33,36)(H,34,35,38)/t16-,21+/m1/s1. The lowest BCUT2D eigenvalue weighted by molar-refractivity contribution is -0.119. The molecule has 2 amide bonds. The number of nitrogens with one attached hydrogen (secondary N) is 3. The number of carbonyl (C=O) groups excluding carboxylic acids is 2. The van der Waals surface area contributed by atoms with Crippen molar-refractivity contribution < 1.29 is 23.8 Å². The predicted molar refractivity (Wildman–Crippen MR) is 164 cm³/mol. The van der Waals surface area contributed by atoms with Gasteiger partial charge in [-0.1, -0.05) is 29.5 Å². The lowest BCUT2D eigenvalue weighted by Crippen LogP contribution is -2.33. The van der Waals surface area contributed by atoms with Crippen LogP contribution in [0.25, 0.3) is 21.3 Å². The van der Waals surface area contributed by atoms with E-state index in [-0.39, 0.29) is 22.9 Å². The quantitative estimate of drug-likeness (QED) is 0.265. The molecule has 0 radical (unpaired) electrons. The maximum absolute atomic E-state index is 13.6. The predicted octanol–water partition coefficient (Wildman–Crippen LogP) is 4.91. The Kier molecular flexibility index (Phi) is 8.30. The molecule has 0 spiro atoms. The number of aryl methyl sites for hydroxylation is 1. The Hall–Kier alpha value is -4.64. The van der Waals surface area contributed by atoms with Gasteiger partial charge in [0.1, 0.15) is 6.04 Å². The van der Waals surface area contributed by atoms with Gasteiger partial charge in [0.15, 0.2) is 16.6 Å². The van der Waals surface area contributed by atoms with E-state index in [1.165, 1.54) is 31.4 Å². The number of ether oxygens (including phenoxy) is 3. The molecule has 42 heavy (non-hydrogen) atoms. The van der Waals surface area contributed by atoms with Crippen LogP contribution in [0.2, 0.25) is 0 Å². The van der Waals surface area contributed by atoms with Gasteiger partial charge in [0.05, 0.1) is 43.3 Å². The third-order valence-electron chi connectivity index (χ3n) is 7.21. The Morgan fingerprint density at radius 2 is 1.79 bits per heavy atom. The summed E-state index contributed by atoms with van der Waals surface area (Å²) in [7, 11) is 4.65. The summed E-state index contributed by atoms with van der Waals surface area (Å²) in [6.45, 7) is 3.12. The molecule has 11 heteroatoms. The van der Waals surface area contributed by atoms with Gasteiger partial charge in [0, 0.05) is 12.5 Å². The van der Waals surface area contributed by atoms with E-state index in [1.807, 2.05) is 36.4 Å². The van der Waals surface area contributed by atoms with E-state index in [0.717, 1.165) is 21.3 Å². The molecule has 1 aliphatic carbocycles. The smallest absolute Gasteiger partial charge is 0.248 e. The number of amides is 2. The van der Waals surface area contributed by atoms with Crippen molar-refractivity contribution in [1.29, 1.82) is 0 Å². The highest BCUT2D eigenvalue weighted by atomic mass is 32.1. The van der Waals surface area contributed by atoms with Crippen molar-refractivity contribution in [1.82, 2.24) is 10.3 Å². The Morgan fingerprint density at radius 1 is 1.02 bits per heavy atom. The summed E-state index contributed by atoms with van der Waals surface area (Å²) >= 11 is 1.38. The maximum atomic E-state index is 13.6. The van der Waals surface area contributed by atoms with Crippen LogP contribution < -0.4 is 35.6 Å². The van der Waals surface area contributed by atoms with Crippen LogP contribution in [0.5, 0.6) is 17.2 Å². The number of para-hydroxylation sites is 1. The molecule has 1 aromatic heterocycles. The van der Waals surface area contributed by atoms with E-state index in [9.17, 15) is 14.4 Å². The fraction of sp³-hybridized carbons (Fsp3) is 0.290. The highest BCUT2D eigenvalue weighted by Crippen LogP contribution is 2.50. The summed E-state index contributed by atoms with van der Waals surface area (Å²) in [6, 6.07) is 13.3. The van der Waals surface area contributed by atoms with Gasteiger partial charge in [-0.3, -0.25) is 14.4 Å². The molecule has 218 valence electrons. The van der Waals surface area contributed by atoms with E-state index >= 15 is 0 Å². The number of methoxy groups -OCH3 is 3. The van der Waals surface area contributed by atoms with Crippen LogP contribution >= 0.6 is 11.3 Å². The van der Waals surface area contributed by atoms with E-state index in [0.29, 0.717) is 46.3 Å². The van der Waals surface area contributed by atoms with Crippen LogP contribution in [0.4, 0.5) is 10.8 Å². The van der Waals surface area contributed by atoms with Gasteiger partial charge in [-0.15, -0.1) is 0 Å². The zero-order valence-electron chi connectivity index (χ0n) is 24.0. The largest absolute Gasteiger partial charge is 0.493 e. The Balaban J connectivity index is 1.55. The van der Waals surface area contributed by atoms with Crippen molar-refractivity contribution >= 4 is 44.2 Å². The van der Waals surface area contributed by atoms with Gasteiger partial charge in [-0.25, -0.2) is 4.98 Å². The van der Waals surface area contributed by atoms with Crippen LogP contribution in [0.1, 0.15) is 37.4 Å². The van der Waals surface area contributed by atoms with Gasteiger partial charge in [-0.05, 0) is 66.8 Å². The number of nitrogens with zero attached hydrogens (tertiary/aromatic N) is 1. The zero-order valence-corrected chi connectivity index (χ0v) is 24.8. The fourth-order valence-corrected chi connectivity index (χ4v) is 6.13. The van der Waals surface area contributed by atoms with Gasteiger partial charge in [0.2, 0.25) is 23.0 Å². The van der Waals surface area contributed by atoms with Crippen LogP contribution in [-0.2, 0) is 16.0 Å². The molecule has 0 fully saturated rings. The number of rotatable bonds is 8. The minimum atomic E-state index is -0.746. The fourth-order valence-electron chi connectivity index (χ4n) is 5.27. The number of hydrogen-bond acceptors (Lipinski definition) is 9. The van der Waals surface area contributed by atoms with Crippen LogP contribution in [0.15, 0.2) is 53.3 Å². The monoisotopic (exact) mass is 588 g/mol. The molecule has 0 unspecified atom stereocenters. The molecule has 1 aliphatic rings. The van der Waals surface area contributed by atoms with Crippen molar-refractivity contribution in [2.75, 3.05) is 32.0 Å². The molecule has 5 rings (SSSR count). The molecule has 4 aromatic rings. The second-order valence-electron chi connectivity index (χ2n) is 9.94. The summed E-state index contributed by atoms with van der Waals surface area (Å²) < 4.78 is 18.0. The number of anilines is 2. The normalized spacial score (nSPS) is 14.5. The number of fused-ring (bicyclic) bond motifs is 4. The van der Waals surface area contributed by atoms with Crippen molar-refractivity contribution in [3.63, 3.8) is 0 Å². The van der Waals surface area contributed by atoms with Gasteiger partial charge >= 0.3 is 0 Å². The van der Waals surface area contributed by atoms with Gasteiger partial charge < -0.3 is 30.2 Å². The second-order valence-corrected chi connectivity index (χ2v) is 11.0. The zero-order chi connectivity index (χ0) is 30.0. The molecule has 0 saturated heterocycles. The van der Waals surface area contributed by atoms with Crippen molar-refractivity contribution in [2.24, 2.45) is 0 Å². The average molecular weight is 589 g/mol. The summed E-state index contributed by atoms with van der Waals surface area (Å²) in [6.07, 6.45) is 1.14. The average Bonchev–Trinajstić information content (AvgIpc) is 3.24. The van der Waals surface area contributed by atoms with E-state index in [1.54, 1.807) is 27.2 Å². The number of aromatic nitrogens is 1. The van der Waals surface area contributed by atoms with Crippen molar-refractivity contribution in [3.8, 4) is 28.4 Å². The third kappa shape index (κ3) is 5.60. The first-order valence-corrected chi connectivity index (χ1v) is 14.3. The number of hydrogen-bond donors (Lipinski definition) is 3. The van der Waals surface area contributed by atoms with Crippen molar-refractivity contribution in [2.45, 2.75) is 38.8 Å². The molecule has 2 atom stereocenters. The van der Waals surface area contributed by atoms with Gasteiger partial charge in [0.25, 0.3) is 0 Å². The van der Waals surface area contributed by atoms with E-state index in [2.05, 4.69) is 20.9 Å². The van der Waals surface area contributed by atoms with Crippen LogP contribution in [0.3, 0.4) is 0 Å². The number of benzene rings is 2. The lowest BCUT2D eigenvalue weighted by Gasteiger charge is -2.19. The topological polar surface area (TPSA) is 128 Å². The van der Waals surface area contributed by atoms with Crippen LogP contribution in [-0.4, -0.2) is 44.2 Å². The first-order valence-electron chi connectivity index (χ1n) is 13.4. The van der Waals surface area contributed by atoms with Crippen molar-refractivity contribution in [3.05, 3.63) is 69.9 Å². The SMILES string of the molecule is COc1cc2c(c(OC)c1OC)-c1ccc(N[C@H](C)C(=O)Nc3nc4ccccc4s3)c(=O)cc1[C@@H](NC(C)=O)CC2. The molecule has 0 saturated carbocycles. The summed E-state index contributed by atoms with van der Waals surface area (Å²) in [5.74, 6) is 0.870. The summed E-state index contributed by atoms with van der Waals surface area (Å²) in [4.78, 5) is 43.2. The molecule has 1 heterocycles.